The highest BCUT2D eigenvalue weighted by molar-refractivity contribution is 8.15. The first-order valence-corrected chi connectivity index (χ1v) is 3.32. The summed E-state index contributed by atoms with van der Waals surface area (Å²) in [6.45, 7) is 2.05. The highest BCUT2D eigenvalue weighted by Gasteiger charge is 1.82. The first-order chi connectivity index (χ1) is 2.77. The van der Waals surface area contributed by atoms with Gasteiger partial charge in [0.15, 0.2) is 0 Å². The Labute approximate surface area is 53.7 Å². The summed E-state index contributed by atoms with van der Waals surface area (Å²) in [7, 11) is 0. The molecule has 0 saturated carbocycles. The van der Waals surface area contributed by atoms with E-state index in [1.165, 1.54) is 3.12 Å². The van der Waals surface area contributed by atoms with Crippen LogP contribution in [0.25, 0.3) is 0 Å². The molecule has 0 aliphatic heterocycles. The van der Waals surface area contributed by atoms with Gasteiger partial charge in [-0.2, -0.15) is 0 Å². The topological polar surface area (TPSA) is 3.24 Å². The monoisotopic (exact) mass is 141 g/mol. The molecule has 0 fully saturated rings. The molecular formula is C2H7NS3. The fourth-order valence-corrected chi connectivity index (χ4v) is 1.04. The summed E-state index contributed by atoms with van der Waals surface area (Å²) in [5.74, 6) is 1.02. The molecule has 0 saturated heterocycles. The summed E-state index contributed by atoms with van der Waals surface area (Å²) in [5.41, 5.74) is 0. The van der Waals surface area contributed by atoms with Gasteiger partial charge in [0.1, 0.15) is 0 Å². The molecule has 0 rings (SSSR count). The van der Waals surface area contributed by atoms with E-state index in [9.17, 15) is 0 Å². The van der Waals surface area contributed by atoms with Crippen molar-refractivity contribution in [2.75, 3.05) is 5.75 Å². The zero-order chi connectivity index (χ0) is 4.99. The Balaban J connectivity index is 2.63. The number of hydrogen-bond donors (Lipinski definition) is 2. The fourth-order valence-electron chi connectivity index (χ4n) is 0.115. The van der Waals surface area contributed by atoms with Crippen LogP contribution in [0.5, 0.6) is 0 Å². The zero-order valence-electron chi connectivity index (χ0n) is 3.46. The van der Waals surface area contributed by atoms with E-state index in [1.54, 1.807) is 11.9 Å². The predicted molar refractivity (Wildman–Crippen MR) is 37.9 cm³/mol. The molecular weight excluding hydrogens is 134 g/mol. The second-order valence-corrected chi connectivity index (χ2v) is 3.53. The molecule has 1 nitrogen and oxygen atoms in total. The van der Waals surface area contributed by atoms with E-state index in [-0.39, 0.29) is 0 Å². The number of rotatable bonds is 2. The van der Waals surface area contributed by atoms with Crippen molar-refractivity contribution in [3.63, 3.8) is 0 Å². The molecule has 6 heavy (non-hydrogen) atoms. The third kappa shape index (κ3) is 5.01. The molecule has 0 spiro atoms. The molecule has 0 aliphatic rings. The molecule has 0 radical (unpaired) electrons. The van der Waals surface area contributed by atoms with Gasteiger partial charge in [-0.05, 0) is 0 Å². The summed E-state index contributed by atoms with van der Waals surface area (Å²) < 4.78 is 1.49. The van der Waals surface area contributed by atoms with Gasteiger partial charge in [-0.15, -0.1) is 3.12 Å². The first kappa shape index (κ1) is 7.01. The van der Waals surface area contributed by atoms with Crippen LogP contribution in [0.4, 0.5) is 0 Å². The minimum absolute atomic E-state index is 1.02. The van der Waals surface area contributed by atoms with Crippen LogP contribution >= 0.6 is 37.6 Å². The molecule has 4 heteroatoms. The lowest BCUT2D eigenvalue weighted by Crippen LogP contribution is -1.80. The minimum Gasteiger partial charge on any atom is -0.144 e. The van der Waals surface area contributed by atoms with Crippen molar-refractivity contribution in [1.82, 2.24) is 3.12 Å². The summed E-state index contributed by atoms with van der Waals surface area (Å²) in [6.07, 6.45) is 0. The highest BCUT2D eigenvalue weighted by atomic mass is 32.3. The van der Waals surface area contributed by atoms with Crippen molar-refractivity contribution in [3.8, 4) is 0 Å². The second kappa shape index (κ2) is 4.18. The molecule has 0 amide bonds. The van der Waals surface area contributed by atoms with E-state index in [0.717, 1.165) is 5.75 Å². The Morgan fingerprint density at radius 1 is 1.67 bits per heavy atom. The Morgan fingerprint density at radius 3 is 2.17 bits per heavy atom. The lowest BCUT2D eigenvalue weighted by atomic mass is 11.0. The molecule has 0 aromatic rings. The Bertz CT molecular complexity index is 30.0. The van der Waals surface area contributed by atoms with E-state index in [1.807, 2.05) is 6.92 Å². The summed E-state index contributed by atoms with van der Waals surface area (Å²) in [6, 6.07) is 0. The van der Waals surface area contributed by atoms with Crippen molar-refractivity contribution in [2.45, 2.75) is 6.92 Å². The third-order valence-corrected chi connectivity index (χ3v) is 1.43. The SMILES string of the molecule is CCSN(S)S. The molecule has 0 aromatic heterocycles. The van der Waals surface area contributed by atoms with Crippen LogP contribution in [0.2, 0.25) is 0 Å². The van der Waals surface area contributed by atoms with Crippen LogP contribution in [-0.2, 0) is 0 Å². The molecule has 0 aliphatic carbocycles. The van der Waals surface area contributed by atoms with Gasteiger partial charge in [-0.3, -0.25) is 0 Å². The van der Waals surface area contributed by atoms with E-state index in [2.05, 4.69) is 25.6 Å². The molecule has 0 bridgehead atoms. The normalized spacial score (nSPS) is 10.0. The van der Waals surface area contributed by atoms with Crippen LogP contribution in [0.1, 0.15) is 6.92 Å². The van der Waals surface area contributed by atoms with Crippen LogP contribution < -0.4 is 0 Å². The standard InChI is InChI=1S/C2H7NS3/c1-2-6-3(4)5/h4-5H,2H2,1H3. The van der Waals surface area contributed by atoms with Gasteiger partial charge in [0.2, 0.25) is 0 Å². The van der Waals surface area contributed by atoms with Gasteiger partial charge in [0, 0.05) is 5.75 Å². The van der Waals surface area contributed by atoms with Gasteiger partial charge in [0.25, 0.3) is 0 Å². The lowest BCUT2D eigenvalue weighted by molar-refractivity contribution is 1.31. The van der Waals surface area contributed by atoms with Crippen LogP contribution in [0, 0.1) is 0 Å². The average molecular weight is 141 g/mol. The first-order valence-electron chi connectivity index (χ1n) is 1.58. The maximum atomic E-state index is 3.84. The number of hydrogen-bond acceptors (Lipinski definition) is 4. The van der Waals surface area contributed by atoms with Crippen molar-refractivity contribution < 1.29 is 0 Å². The largest absolute Gasteiger partial charge is 0.144 e. The van der Waals surface area contributed by atoms with Crippen molar-refractivity contribution in [2.24, 2.45) is 0 Å². The zero-order valence-corrected chi connectivity index (χ0v) is 6.06. The number of thiol groups is 2. The van der Waals surface area contributed by atoms with Gasteiger partial charge in [-0.1, -0.05) is 44.5 Å². The fraction of sp³-hybridized carbons (Fsp3) is 1.00. The summed E-state index contributed by atoms with van der Waals surface area (Å²) >= 11 is 9.23. The van der Waals surface area contributed by atoms with Crippen LogP contribution in [0.3, 0.4) is 0 Å². The van der Waals surface area contributed by atoms with Crippen molar-refractivity contribution in [1.29, 1.82) is 0 Å². The maximum absolute atomic E-state index is 3.84. The molecule has 0 N–H and O–H groups in total. The smallest absolute Gasteiger partial charge is 0.00697 e. The van der Waals surface area contributed by atoms with Gasteiger partial charge in [-0.25, -0.2) is 0 Å². The number of nitrogens with zero attached hydrogens (tertiary/aromatic N) is 1. The minimum atomic E-state index is 1.02. The van der Waals surface area contributed by atoms with Gasteiger partial charge in [0.05, 0.1) is 0 Å². The van der Waals surface area contributed by atoms with E-state index in [0.29, 0.717) is 0 Å². The Hall–Kier alpha value is 1.01. The lowest BCUT2D eigenvalue weighted by Gasteiger charge is -1.99. The highest BCUT2D eigenvalue weighted by Crippen LogP contribution is 2.12. The molecule has 0 heterocycles. The van der Waals surface area contributed by atoms with Crippen LogP contribution in [-0.4, -0.2) is 8.87 Å². The van der Waals surface area contributed by atoms with Gasteiger partial charge >= 0.3 is 0 Å². The maximum Gasteiger partial charge on any atom is 0.00697 e. The Morgan fingerprint density at radius 2 is 2.17 bits per heavy atom. The van der Waals surface area contributed by atoms with Crippen molar-refractivity contribution in [3.05, 3.63) is 0 Å². The average Bonchev–Trinajstić information content (AvgIpc) is 1.35. The molecule has 38 valence electrons. The quantitative estimate of drug-likeness (QED) is 0.444. The van der Waals surface area contributed by atoms with Crippen LogP contribution in [0.15, 0.2) is 0 Å². The van der Waals surface area contributed by atoms with E-state index in [4.69, 9.17) is 0 Å². The predicted octanol–water partition coefficient (Wildman–Crippen LogP) is 1.65. The Kier molecular flexibility index (Phi) is 4.88. The molecule has 0 unspecified atom stereocenters. The second-order valence-electron chi connectivity index (χ2n) is 0.671. The van der Waals surface area contributed by atoms with E-state index < -0.39 is 0 Å². The van der Waals surface area contributed by atoms with Crippen molar-refractivity contribution >= 4 is 37.6 Å². The van der Waals surface area contributed by atoms with E-state index >= 15 is 0 Å². The summed E-state index contributed by atoms with van der Waals surface area (Å²) in [5, 5.41) is 0. The molecule has 0 atom stereocenters. The third-order valence-electron chi connectivity index (χ3n) is 0.245. The molecule has 0 aromatic carbocycles. The summed E-state index contributed by atoms with van der Waals surface area (Å²) in [4.78, 5) is 0. The van der Waals surface area contributed by atoms with Gasteiger partial charge < -0.3 is 0 Å².